The molecule has 1 saturated heterocycles. The number of hydrogen-bond acceptors (Lipinski definition) is 3. The van der Waals surface area contributed by atoms with Crippen LogP contribution in [0.15, 0.2) is 30.3 Å². The number of ether oxygens (including phenoxy) is 1. The summed E-state index contributed by atoms with van der Waals surface area (Å²) in [6.45, 7) is 7.24. The van der Waals surface area contributed by atoms with Crippen molar-refractivity contribution in [1.82, 2.24) is 14.7 Å². The molecule has 1 fully saturated rings. The maximum absolute atomic E-state index is 12.8. The first-order valence-corrected chi connectivity index (χ1v) is 8.43. The lowest BCUT2D eigenvalue weighted by atomic mass is 10.0. The Bertz CT molecular complexity index is 724. The second-order valence-electron chi connectivity index (χ2n) is 6.59. The monoisotopic (exact) mass is 327 g/mol. The smallest absolute Gasteiger partial charge is 0.227 e. The van der Waals surface area contributed by atoms with Crippen LogP contribution in [0.2, 0.25) is 0 Å². The summed E-state index contributed by atoms with van der Waals surface area (Å²) in [7, 11) is 1.92. The first-order chi connectivity index (χ1) is 11.5. The van der Waals surface area contributed by atoms with Gasteiger partial charge in [0.2, 0.25) is 5.91 Å². The summed E-state index contributed by atoms with van der Waals surface area (Å²) < 4.78 is 7.88. The molecule has 0 bridgehead atoms. The summed E-state index contributed by atoms with van der Waals surface area (Å²) in [5.74, 6) is 0.144. The minimum absolute atomic E-state index is 0.0315. The summed E-state index contributed by atoms with van der Waals surface area (Å²) in [5, 5.41) is 4.41. The minimum Gasteiger partial charge on any atom is -0.367 e. The highest BCUT2D eigenvalue weighted by Crippen LogP contribution is 2.26. The zero-order valence-corrected chi connectivity index (χ0v) is 14.8. The van der Waals surface area contributed by atoms with Gasteiger partial charge in [0.1, 0.15) is 6.10 Å². The van der Waals surface area contributed by atoms with Gasteiger partial charge in [-0.3, -0.25) is 9.48 Å². The van der Waals surface area contributed by atoms with Gasteiger partial charge in [0.15, 0.2) is 0 Å². The molecule has 5 nitrogen and oxygen atoms in total. The first kappa shape index (κ1) is 16.7. The van der Waals surface area contributed by atoms with Gasteiger partial charge in [-0.1, -0.05) is 30.3 Å². The van der Waals surface area contributed by atoms with Crippen LogP contribution in [0.5, 0.6) is 0 Å². The zero-order chi connectivity index (χ0) is 17.3. The third-order valence-electron chi connectivity index (χ3n) is 4.77. The third kappa shape index (κ3) is 3.36. The van der Waals surface area contributed by atoms with Crippen molar-refractivity contribution in [2.45, 2.75) is 39.4 Å². The number of aryl methyl sites for hydroxylation is 2. The van der Waals surface area contributed by atoms with Gasteiger partial charge < -0.3 is 9.64 Å². The number of nitrogens with zero attached hydrogens (tertiary/aromatic N) is 3. The van der Waals surface area contributed by atoms with Crippen molar-refractivity contribution in [3.05, 3.63) is 52.8 Å². The van der Waals surface area contributed by atoms with Crippen molar-refractivity contribution in [3.8, 4) is 0 Å². The molecule has 0 N–H and O–H groups in total. The molecule has 1 amide bonds. The van der Waals surface area contributed by atoms with Crippen molar-refractivity contribution in [2.75, 3.05) is 13.1 Å². The summed E-state index contributed by atoms with van der Waals surface area (Å²) in [6, 6.07) is 10.1. The molecule has 2 atom stereocenters. The molecule has 1 aromatic heterocycles. The van der Waals surface area contributed by atoms with E-state index < -0.39 is 0 Å². The normalized spacial score (nSPS) is 21.1. The van der Waals surface area contributed by atoms with E-state index in [1.807, 2.05) is 55.6 Å². The van der Waals surface area contributed by atoms with Crippen LogP contribution < -0.4 is 0 Å². The van der Waals surface area contributed by atoms with Gasteiger partial charge in [0.25, 0.3) is 0 Å². The van der Waals surface area contributed by atoms with Gasteiger partial charge in [0, 0.05) is 24.8 Å². The van der Waals surface area contributed by atoms with E-state index in [9.17, 15) is 4.79 Å². The highest BCUT2D eigenvalue weighted by Gasteiger charge is 2.30. The van der Waals surface area contributed by atoms with Crippen molar-refractivity contribution in [1.29, 1.82) is 0 Å². The van der Waals surface area contributed by atoms with Crippen LogP contribution in [0.1, 0.15) is 35.5 Å². The Balaban J connectivity index is 1.74. The van der Waals surface area contributed by atoms with Crippen LogP contribution in [0.25, 0.3) is 0 Å². The van der Waals surface area contributed by atoms with E-state index in [-0.39, 0.29) is 18.1 Å². The van der Waals surface area contributed by atoms with Gasteiger partial charge in [-0.25, -0.2) is 0 Å². The van der Waals surface area contributed by atoms with E-state index in [0.717, 1.165) is 22.5 Å². The molecule has 0 spiro atoms. The number of carbonyl (C=O) groups is 1. The van der Waals surface area contributed by atoms with Gasteiger partial charge in [-0.2, -0.15) is 5.10 Å². The van der Waals surface area contributed by atoms with Crippen molar-refractivity contribution >= 4 is 5.91 Å². The Labute approximate surface area is 143 Å². The van der Waals surface area contributed by atoms with E-state index in [4.69, 9.17) is 4.74 Å². The topological polar surface area (TPSA) is 47.4 Å². The third-order valence-corrected chi connectivity index (χ3v) is 4.77. The molecule has 3 rings (SSSR count). The molecular formula is C19H25N3O2. The fourth-order valence-corrected chi connectivity index (χ4v) is 3.34. The quantitative estimate of drug-likeness (QED) is 0.870. The van der Waals surface area contributed by atoms with E-state index in [1.54, 1.807) is 0 Å². The number of morpholine rings is 1. The molecule has 1 aliphatic rings. The average molecular weight is 327 g/mol. The van der Waals surface area contributed by atoms with Crippen LogP contribution in [-0.2, 0) is 23.0 Å². The maximum Gasteiger partial charge on any atom is 0.227 e. The van der Waals surface area contributed by atoms with E-state index in [0.29, 0.717) is 19.5 Å². The minimum atomic E-state index is -0.0602. The Morgan fingerprint density at radius 3 is 2.58 bits per heavy atom. The molecule has 1 aliphatic heterocycles. The second kappa shape index (κ2) is 6.77. The number of rotatable bonds is 3. The Hall–Kier alpha value is -2.14. The molecule has 128 valence electrons. The number of aromatic nitrogens is 2. The van der Waals surface area contributed by atoms with Gasteiger partial charge in [-0.15, -0.1) is 0 Å². The molecule has 0 radical (unpaired) electrons. The summed E-state index contributed by atoms with van der Waals surface area (Å²) in [5.41, 5.74) is 4.15. The van der Waals surface area contributed by atoms with E-state index in [1.165, 1.54) is 0 Å². The van der Waals surface area contributed by atoms with E-state index in [2.05, 4.69) is 17.2 Å². The lowest BCUT2D eigenvalue weighted by Crippen LogP contribution is -2.46. The zero-order valence-electron chi connectivity index (χ0n) is 14.8. The van der Waals surface area contributed by atoms with Crippen molar-refractivity contribution < 1.29 is 9.53 Å². The first-order valence-electron chi connectivity index (χ1n) is 8.43. The highest BCUT2D eigenvalue weighted by molar-refractivity contribution is 5.79. The van der Waals surface area contributed by atoms with Gasteiger partial charge in [-0.05, 0) is 26.3 Å². The average Bonchev–Trinajstić information content (AvgIpc) is 2.81. The molecule has 0 aliphatic carbocycles. The Morgan fingerprint density at radius 2 is 1.96 bits per heavy atom. The van der Waals surface area contributed by atoms with Crippen LogP contribution in [0.3, 0.4) is 0 Å². The van der Waals surface area contributed by atoms with Crippen LogP contribution in [0.4, 0.5) is 0 Å². The number of carbonyl (C=O) groups excluding carboxylic acids is 1. The predicted molar refractivity (Wildman–Crippen MR) is 92.7 cm³/mol. The number of amides is 1. The fourth-order valence-electron chi connectivity index (χ4n) is 3.34. The van der Waals surface area contributed by atoms with Crippen LogP contribution >= 0.6 is 0 Å². The van der Waals surface area contributed by atoms with E-state index >= 15 is 0 Å². The molecule has 2 heterocycles. The Kier molecular flexibility index (Phi) is 4.71. The molecule has 24 heavy (non-hydrogen) atoms. The number of benzene rings is 1. The molecule has 2 aromatic rings. The summed E-state index contributed by atoms with van der Waals surface area (Å²) in [4.78, 5) is 14.8. The highest BCUT2D eigenvalue weighted by atomic mass is 16.5. The molecular weight excluding hydrogens is 302 g/mol. The molecule has 5 heteroatoms. The predicted octanol–water partition coefficient (Wildman–Crippen LogP) is 2.57. The SMILES string of the molecule is Cc1nn(C)c(C)c1CC(=O)N1C[C@@H](C)O[C@H](c2ccccc2)C1. The number of hydrogen-bond donors (Lipinski definition) is 0. The fraction of sp³-hybridized carbons (Fsp3) is 0.474. The summed E-state index contributed by atoms with van der Waals surface area (Å²) in [6.07, 6.45) is 0.374. The largest absolute Gasteiger partial charge is 0.367 e. The second-order valence-corrected chi connectivity index (χ2v) is 6.59. The van der Waals surface area contributed by atoms with Crippen LogP contribution in [0, 0.1) is 13.8 Å². The lowest BCUT2D eigenvalue weighted by molar-refractivity contribution is -0.144. The molecule has 0 saturated carbocycles. The van der Waals surface area contributed by atoms with Gasteiger partial charge >= 0.3 is 0 Å². The maximum atomic E-state index is 12.8. The standard InChI is InChI=1S/C19H25N3O2/c1-13-11-22(12-18(24-13)16-8-6-5-7-9-16)19(23)10-17-14(2)20-21(4)15(17)3/h5-9,13,18H,10-12H2,1-4H3/t13-,18+/m1/s1. The Morgan fingerprint density at radius 1 is 1.25 bits per heavy atom. The van der Waals surface area contributed by atoms with Crippen molar-refractivity contribution in [2.24, 2.45) is 7.05 Å². The van der Waals surface area contributed by atoms with Gasteiger partial charge in [0.05, 0.1) is 24.8 Å². The molecule has 1 aromatic carbocycles. The van der Waals surface area contributed by atoms with Crippen LogP contribution in [-0.4, -0.2) is 39.8 Å². The van der Waals surface area contributed by atoms with Crippen molar-refractivity contribution in [3.63, 3.8) is 0 Å². The molecule has 0 unspecified atom stereocenters. The summed E-state index contributed by atoms with van der Waals surface area (Å²) >= 11 is 0. The lowest BCUT2D eigenvalue weighted by Gasteiger charge is -2.37.